The minimum atomic E-state index is -4.63. The van der Waals surface area contributed by atoms with Crippen molar-refractivity contribution in [3.63, 3.8) is 0 Å². The van der Waals surface area contributed by atoms with E-state index in [4.69, 9.17) is 0 Å². The number of halogens is 8. The quantitative estimate of drug-likeness (QED) is 0.180. The van der Waals surface area contributed by atoms with E-state index < -0.39 is 44.7 Å². The van der Waals surface area contributed by atoms with Crippen molar-refractivity contribution in [2.45, 2.75) is 96.0 Å². The molecular formula is C46H48Cl2F6Zr. The van der Waals surface area contributed by atoms with Gasteiger partial charge in [0.15, 0.2) is 0 Å². The molecule has 9 heteroatoms. The second-order valence-electron chi connectivity index (χ2n) is 17.1. The van der Waals surface area contributed by atoms with Crippen LogP contribution in [0.2, 0.25) is 0 Å². The Hall–Kier alpha value is -2.73. The van der Waals surface area contributed by atoms with Gasteiger partial charge in [-0.25, -0.2) is 0 Å². The first-order chi connectivity index (χ1) is 24.5. The van der Waals surface area contributed by atoms with Gasteiger partial charge in [-0.3, -0.25) is 0 Å². The molecular weight excluding hydrogens is 829 g/mol. The average molecular weight is 877 g/mol. The molecule has 4 aromatic rings. The third-order valence-corrected chi connectivity index (χ3v) is 20.1. The first kappa shape index (κ1) is 45.0. The van der Waals surface area contributed by atoms with Crippen LogP contribution in [0.4, 0.5) is 26.3 Å². The molecule has 4 aromatic carbocycles. The molecule has 0 amide bonds. The maximum atomic E-state index is 14.4. The van der Waals surface area contributed by atoms with Crippen molar-refractivity contribution in [3.8, 4) is 11.1 Å². The molecule has 0 aliphatic heterocycles. The largest absolute Gasteiger partial charge is 1.00 e. The van der Waals surface area contributed by atoms with Crippen LogP contribution in [0.25, 0.3) is 11.1 Å². The molecule has 55 heavy (non-hydrogen) atoms. The van der Waals surface area contributed by atoms with E-state index in [0.717, 1.165) is 52.1 Å². The summed E-state index contributed by atoms with van der Waals surface area (Å²) in [6.45, 7) is 21.6. The fourth-order valence-electron chi connectivity index (χ4n) is 8.16. The van der Waals surface area contributed by atoms with Gasteiger partial charge in [-0.2, -0.15) is 0 Å². The standard InChI is InChI=1S/C21H25.C15H8F6.C10H15.2ClH.Zr/c1-20(2,3)16-9-7-14-11-15-8-10-17(21(4,5)6)13-19(15)18(14)12-16;16-14(17,18)12-5-1-3-10(8-12)7-11-4-2-6-13(9-11)15(19,20)21;1-7(2)10-6-8(3)5-9(10)4;;;/h7-13H,1-6H3;1-6,8-9H;6-8H,1-4H3;2*1H;/q;;;;;+2/p-2. The minimum absolute atomic E-state index is 0. The van der Waals surface area contributed by atoms with Crippen molar-refractivity contribution >= 4 is 3.21 Å². The topological polar surface area (TPSA) is 0 Å². The molecule has 2 aliphatic rings. The Morgan fingerprint density at radius 2 is 1.02 bits per heavy atom. The van der Waals surface area contributed by atoms with Gasteiger partial charge in [0.05, 0.1) is 0 Å². The van der Waals surface area contributed by atoms with Gasteiger partial charge in [0.25, 0.3) is 0 Å². The number of hydrogen-bond donors (Lipinski definition) is 0. The van der Waals surface area contributed by atoms with Crippen molar-refractivity contribution in [2.75, 3.05) is 0 Å². The summed E-state index contributed by atoms with van der Waals surface area (Å²) in [4.78, 5) is 0. The van der Waals surface area contributed by atoms with Crippen LogP contribution in [-0.2, 0) is 44.4 Å². The third-order valence-electron chi connectivity index (χ3n) is 10.9. The van der Waals surface area contributed by atoms with E-state index in [1.807, 2.05) is 0 Å². The van der Waals surface area contributed by atoms with Gasteiger partial charge >= 0.3 is 320 Å². The molecule has 0 bridgehead atoms. The predicted molar refractivity (Wildman–Crippen MR) is 202 cm³/mol. The summed E-state index contributed by atoms with van der Waals surface area (Å²) in [6, 6.07) is 23.8. The SMILES string of the molecule is CC1=[C]([Zr+2](=[C](c2cccc(C(F)(F)F)c2)c2cccc(C(F)(F)F)c2)[CH]2c3ccc(C(C)(C)C)cc3-c3cc(C(C)(C)C)ccc32)C(C)C=C1C(C)C.[Cl-].[Cl-]. The van der Waals surface area contributed by atoms with E-state index in [1.165, 1.54) is 32.1 Å². The van der Waals surface area contributed by atoms with Crippen LogP contribution in [0.5, 0.6) is 0 Å². The van der Waals surface area contributed by atoms with Crippen LogP contribution in [0.15, 0.2) is 105 Å². The average Bonchev–Trinajstić information content (AvgIpc) is 3.54. The Morgan fingerprint density at radius 3 is 1.36 bits per heavy atom. The molecule has 0 nitrogen and oxygen atoms in total. The summed E-state index contributed by atoms with van der Waals surface area (Å²) < 4.78 is 88.2. The number of fused-ring (bicyclic) bond motifs is 3. The van der Waals surface area contributed by atoms with E-state index >= 15 is 0 Å². The smallest absolute Gasteiger partial charge is 1.00 e. The molecule has 1 atom stereocenters. The first-order valence-electron chi connectivity index (χ1n) is 18.3. The Labute approximate surface area is 342 Å². The zero-order chi connectivity index (χ0) is 39.0. The number of hydrogen-bond acceptors (Lipinski definition) is 0. The van der Waals surface area contributed by atoms with Crippen LogP contribution >= 0.6 is 0 Å². The van der Waals surface area contributed by atoms with Gasteiger partial charge in [-0.15, -0.1) is 0 Å². The number of benzene rings is 4. The summed E-state index contributed by atoms with van der Waals surface area (Å²) >= 11 is -3.76. The van der Waals surface area contributed by atoms with Gasteiger partial charge < -0.3 is 24.8 Å². The number of rotatable bonds is 5. The molecule has 0 saturated heterocycles. The fraction of sp³-hybridized carbons (Fsp3) is 0.370. The Balaban J connectivity index is 0.00000336. The molecule has 2 aliphatic carbocycles. The van der Waals surface area contributed by atoms with E-state index in [0.29, 0.717) is 14.3 Å². The summed E-state index contributed by atoms with van der Waals surface area (Å²) in [5.41, 5.74) is 7.86. The number of allylic oxidation sites excluding steroid dienone is 4. The second-order valence-corrected chi connectivity index (χ2v) is 23.1. The van der Waals surface area contributed by atoms with E-state index in [2.05, 4.69) is 112 Å². The molecule has 0 saturated carbocycles. The molecule has 292 valence electrons. The monoisotopic (exact) mass is 874 g/mol. The molecule has 0 spiro atoms. The van der Waals surface area contributed by atoms with Gasteiger partial charge in [0.2, 0.25) is 0 Å². The summed E-state index contributed by atoms with van der Waals surface area (Å²) in [5, 5.41) is 0. The van der Waals surface area contributed by atoms with E-state index in [-0.39, 0.29) is 51.1 Å². The van der Waals surface area contributed by atoms with Gasteiger partial charge in [-0.05, 0) is 0 Å². The molecule has 6 rings (SSSR count). The normalized spacial score (nSPS) is 15.9. The molecule has 0 N–H and O–H groups in total. The zero-order valence-electron chi connectivity index (χ0n) is 32.9. The van der Waals surface area contributed by atoms with Crippen molar-refractivity contribution in [1.82, 2.24) is 0 Å². The minimum Gasteiger partial charge on any atom is -1.00 e. The predicted octanol–water partition coefficient (Wildman–Crippen LogP) is 7.79. The van der Waals surface area contributed by atoms with Crippen LogP contribution in [0.1, 0.15) is 117 Å². The van der Waals surface area contributed by atoms with Gasteiger partial charge in [-0.1, -0.05) is 0 Å². The van der Waals surface area contributed by atoms with Crippen LogP contribution < -0.4 is 24.8 Å². The van der Waals surface area contributed by atoms with Crippen LogP contribution in [-0.4, -0.2) is 3.21 Å². The fourth-order valence-corrected chi connectivity index (χ4v) is 18.1. The summed E-state index contributed by atoms with van der Waals surface area (Å²) in [6.07, 6.45) is -6.98. The van der Waals surface area contributed by atoms with Crippen molar-refractivity contribution in [1.29, 1.82) is 0 Å². The van der Waals surface area contributed by atoms with Crippen molar-refractivity contribution in [2.24, 2.45) is 11.8 Å². The van der Waals surface area contributed by atoms with Gasteiger partial charge in [0.1, 0.15) is 0 Å². The molecule has 0 fully saturated rings. The van der Waals surface area contributed by atoms with Crippen molar-refractivity contribution < 1.29 is 72.4 Å². The zero-order valence-corrected chi connectivity index (χ0v) is 36.9. The third kappa shape index (κ3) is 8.75. The maximum Gasteiger partial charge on any atom is -1.00 e. The van der Waals surface area contributed by atoms with Crippen LogP contribution in [0.3, 0.4) is 0 Å². The number of alkyl halides is 6. The van der Waals surface area contributed by atoms with E-state index in [1.54, 1.807) is 12.1 Å². The van der Waals surface area contributed by atoms with Crippen molar-refractivity contribution in [3.05, 3.63) is 150 Å². The molecule has 0 aromatic heterocycles. The van der Waals surface area contributed by atoms with Crippen LogP contribution in [0, 0.1) is 11.8 Å². The second kappa shape index (κ2) is 15.9. The molecule has 0 heterocycles. The summed E-state index contributed by atoms with van der Waals surface area (Å²) in [5.74, 6) is 0.181. The Morgan fingerprint density at radius 1 is 0.600 bits per heavy atom. The Bertz CT molecular complexity index is 2070. The molecule has 0 radical (unpaired) electrons. The Kier molecular flexibility index (Phi) is 13.0. The van der Waals surface area contributed by atoms with Gasteiger partial charge in [0, 0.05) is 0 Å². The maximum absolute atomic E-state index is 14.4. The van der Waals surface area contributed by atoms with E-state index in [9.17, 15) is 26.3 Å². The molecule has 1 unspecified atom stereocenters. The first-order valence-corrected chi connectivity index (χ1v) is 22.2. The summed E-state index contributed by atoms with van der Waals surface area (Å²) in [7, 11) is 0.